The number of rotatable bonds is 0. The second-order valence-electron chi connectivity index (χ2n) is 4.39. The van der Waals surface area contributed by atoms with Crippen LogP contribution < -0.4 is 20.4 Å². The van der Waals surface area contributed by atoms with Crippen molar-refractivity contribution >= 4 is 23.9 Å². The number of nitrogens with zero attached hydrogens (tertiary/aromatic N) is 2. The van der Waals surface area contributed by atoms with Crippen molar-refractivity contribution in [3.05, 3.63) is 49.1 Å². The third-order valence-electron chi connectivity index (χ3n) is 1.29. The summed E-state index contributed by atoms with van der Waals surface area (Å²) in [5.74, 6) is -3.91. The van der Waals surface area contributed by atoms with Gasteiger partial charge in [0.1, 0.15) is 11.5 Å². The van der Waals surface area contributed by atoms with Crippen molar-refractivity contribution in [1.82, 2.24) is 9.97 Å². The molecule has 2 aromatic rings. The molecule has 2 N–H and O–H groups in total. The van der Waals surface area contributed by atoms with Gasteiger partial charge in [-0.3, -0.25) is 9.97 Å². The smallest absolute Gasteiger partial charge is 0.550 e. The van der Waals surface area contributed by atoms with Crippen molar-refractivity contribution in [3.63, 3.8) is 0 Å². The van der Waals surface area contributed by atoms with Gasteiger partial charge in [0.15, 0.2) is 0 Å². The van der Waals surface area contributed by atoms with Gasteiger partial charge >= 0.3 is 34.1 Å². The van der Waals surface area contributed by atoms with Gasteiger partial charge in [0.05, 0.1) is 12.4 Å². The fourth-order valence-corrected chi connectivity index (χ4v) is 0.707. The van der Waals surface area contributed by atoms with Gasteiger partial charge in [-0.2, -0.15) is 0 Å². The van der Waals surface area contributed by atoms with E-state index in [9.17, 15) is 0 Å². The van der Waals surface area contributed by atoms with E-state index in [-0.39, 0.29) is 45.6 Å². The number of carbonyl (C=O) groups is 4. The first-order valence-electron chi connectivity index (χ1n) is 7.60. The Morgan fingerprint density at radius 2 is 0.812 bits per heavy atom. The first-order chi connectivity index (χ1) is 13.7. The zero-order valence-electron chi connectivity index (χ0n) is 17.3. The van der Waals surface area contributed by atoms with Crippen LogP contribution in [-0.4, -0.2) is 44.1 Å². The van der Waals surface area contributed by atoms with Crippen molar-refractivity contribution in [2.75, 3.05) is 0 Å². The molecule has 2 heterocycles. The third kappa shape index (κ3) is 109. The van der Waals surface area contributed by atoms with E-state index in [0.29, 0.717) is 0 Å². The van der Waals surface area contributed by atoms with Gasteiger partial charge in [0, 0.05) is 36.3 Å². The van der Waals surface area contributed by atoms with E-state index in [1.165, 1.54) is 12.4 Å². The molecular formula is C18H22Cu2N2O10. The molecule has 0 fully saturated rings. The Labute approximate surface area is 205 Å². The van der Waals surface area contributed by atoms with Crippen LogP contribution in [-0.2, 0) is 53.3 Å². The van der Waals surface area contributed by atoms with Crippen molar-refractivity contribution in [3.8, 4) is 11.5 Å². The van der Waals surface area contributed by atoms with E-state index < -0.39 is 23.9 Å². The molecule has 0 saturated carbocycles. The van der Waals surface area contributed by atoms with Crippen LogP contribution in [0.15, 0.2) is 49.1 Å². The zero-order valence-corrected chi connectivity index (χ0v) is 19.2. The van der Waals surface area contributed by atoms with Crippen LogP contribution in [0.1, 0.15) is 27.7 Å². The second-order valence-corrected chi connectivity index (χ2v) is 4.39. The number of hydrogen-bond donors (Lipinski definition) is 2. The van der Waals surface area contributed by atoms with E-state index in [0.717, 1.165) is 27.7 Å². The summed E-state index contributed by atoms with van der Waals surface area (Å²) in [4.78, 5) is 42.8. The maximum atomic E-state index is 8.89. The fourth-order valence-electron chi connectivity index (χ4n) is 0.707. The summed E-state index contributed by atoms with van der Waals surface area (Å²) in [5.41, 5.74) is 0. The molecule has 14 heteroatoms. The number of pyridine rings is 2. The molecule has 12 nitrogen and oxygen atoms in total. The van der Waals surface area contributed by atoms with E-state index in [1.54, 1.807) is 36.7 Å². The molecule has 186 valence electrons. The SMILES string of the molecule is CC(=O)[O-].CC(=O)[O-].CC(=O)[O-].CC(=O)[O-].Oc1cccnc1.Oc1cccnc1.[Cu+2].[Cu+2]. The standard InChI is InChI=1S/2C5H5NO.4C2H4O2.2Cu/c2*7-5-2-1-3-6-4-5;4*1-2(3)4;;/h2*1-4,7H;4*1H3,(H,3,4);;/q;;;;;;2*+2/p-4. The molecule has 0 spiro atoms. The summed E-state index contributed by atoms with van der Waals surface area (Å²) in [6, 6.07) is 6.50. The molecule has 2 aromatic heterocycles. The molecule has 2 rings (SSSR count). The molecule has 32 heavy (non-hydrogen) atoms. The Morgan fingerprint density at radius 1 is 0.625 bits per heavy atom. The maximum absolute atomic E-state index is 8.89. The Morgan fingerprint density at radius 3 is 0.875 bits per heavy atom. The minimum absolute atomic E-state index is 0. The predicted octanol–water partition coefficient (Wildman–Crippen LogP) is -3.41. The average molecular weight is 553 g/mol. The first-order valence-corrected chi connectivity index (χ1v) is 7.60. The normalized spacial score (nSPS) is 6.88. The van der Waals surface area contributed by atoms with Crippen LogP contribution in [0.4, 0.5) is 0 Å². The Hall–Kier alpha value is -3.18. The fraction of sp³-hybridized carbons (Fsp3) is 0.222. The topological polar surface area (TPSA) is 227 Å². The quantitative estimate of drug-likeness (QED) is 0.304. The number of carboxylic acid groups (broad SMARTS) is 4. The Bertz CT molecular complexity index is 604. The van der Waals surface area contributed by atoms with Gasteiger partial charge < -0.3 is 49.8 Å². The van der Waals surface area contributed by atoms with Gasteiger partial charge in [-0.15, -0.1) is 0 Å². The van der Waals surface area contributed by atoms with Crippen molar-refractivity contribution < 1.29 is 84.0 Å². The maximum Gasteiger partial charge on any atom is 2.00 e. The molecule has 0 aliphatic rings. The van der Waals surface area contributed by atoms with Crippen molar-refractivity contribution in [1.29, 1.82) is 0 Å². The molecule has 0 bridgehead atoms. The molecule has 2 radical (unpaired) electrons. The molecular weight excluding hydrogens is 531 g/mol. The molecule has 0 atom stereocenters. The van der Waals surface area contributed by atoms with Crippen LogP contribution in [0.2, 0.25) is 0 Å². The summed E-state index contributed by atoms with van der Waals surface area (Å²) in [6.07, 6.45) is 6.00. The van der Waals surface area contributed by atoms with Gasteiger partial charge in [-0.05, 0) is 52.0 Å². The minimum atomic E-state index is -1.08. The third-order valence-corrected chi connectivity index (χ3v) is 1.29. The molecule has 0 saturated heterocycles. The number of carboxylic acids is 4. The summed E-state index contributed by atoms with van der Waals surface area (Å²) >= 11 is 0. The molecule has 0 aliphatic carbocycles. The van der Waals surface area contributed by atoms with Crippen LogP contribution >= 0.6 is 0 Å². The van der Waals surface area contributed by atoms with Gasteiger partial charge in [-0.1, -0.05) is 0 Å². The van der Waals surface area contributed by atoms with E-state index in [1.807, 2.05) is 0 Å². The predicted molar refractivity (Wildman–Crippen MR) is 94.5 cm³/mol. The first kappa shape index (κ1) is 42.8. The van der Waals surface area contributed by atoms with Crippen molar-refractivity contribution in [2.45, 2.75) is 27.7 Å². The largest absolute Gasteiger partial charge is 2.00 e. The monoisotopic (exact) mass is 552 g/mol. The van der Waals surface area contributed by atoms with Crippen LogP contribution in [0.5, 0.6) is 11.5 Å². The van der Waals surface area contributed by atoms with Crippen LogP contribution in [0.3, 0.4) is 0 Å². The molecule has 0 aliphatic heterocycles. The number of aliphatic carboxylic acids is 4. The second kappa shape index (κ2) is 32.5. The molecule has 0 unspecified atom stereocenters. The number of carbonyl (C=O) groups excluding carboxylic acids is 4. The summed E-state index contributed by atoms with van der Waals surface area (Å²) < 4.78 is 0. The van der Waals surface area contributed by atoms with Gasteiger partial charge in [0.2, 0.25) is 0 Å². The van der Waals surface area contributed by atoms with Gasteiger partial charge in [0.25, 0.3) is 0 Å². The number of aromatic nitrogens is 2. The Kier molecular flexibility index (Phi) is 43.5. The number of aromatic hydroxyl groups is 2. The van der Waals surface area contributed by atoms with Crippen molar-refractivity contribution in [2.24, 2.45) is 0 Å². The van der Waals surface area contributed by atoms with E-state index >= 15 is 0 Å². The van der Waals surface area contributed by atoms with E-state index in [2.05, 4.69) is 9.97 Å². The molecule has 0 amide bonds. The average Bonchev–Trinajstić information content (AvgIpc) is 2.55. The minimum Gasteiger partial charge on any atom is -0.550 e. The summed E-state index contributed by atoms with van der Waals surface area (Å²) in [5, 5.41) is 52.7. The van der Waals surface area contributed by atoms with Crippen LogP contribution in [0, 0.1) is 0 Å². The molecule has 0 aromatic carbocycles. The Balaban J connectivity index is -0.0000000643. The van der Waals surface area contributed by atoms with Crippen LogP contribution in [0.25, 0.3) is 0 Å². The summed E-state index contributed by atoms with van der Waals surface area (Å²) in [6.45, 7) is 3.89. The number of hydrogen-bond acceptors (Lipinski definition) is 12. The van der Waals surface area contributed by atoms with Gasteiger partial charge in [-0.25, -0.2) is 0 Å². The van der Waals surface area contributed by atoms with E-state index in [4.69, 9.17) is 49.8 Å². The zero-order chi connectivity index (χ0) is 24.5. The summed E-state index contributed by atoms with van der Waals surface area (Å²) in [7, 11) is 0.